The van der Waals surface area contributed by atoms with E-state index in [1.807, 2.05) is 12.1 Å². The number of nitrogens with two attached hydrogens (primary N) is 1. The van der Waals surface area contributed by atoms with Gasteiger partial charge in [-0.1, -0.05) is 47.1 Å². The molecule has 1 atom stereocenters. The van der Waals surface area contributed by atoms with Gasteiger partial charge in [-0.25, -0.2) is 0 Å². The van der Waals surface area contributed by atoms with Crippen molar-refractivity contribution in [2.75, 3.05) is 0 Å². The molecular formula is C17H19BrN2O. The Labute approximate surface area is 133 Å². The van der Waals surface area contributed by atoms with Crippen molar-refractivity contribution in [3.63, 3.8) is 0 Å². The predicted octanol–water partition coefficient (Wildman–Crippen LogP) is 3.79. The highest BCUT2D eigenvalue weighted by atomic mass is 79.9. The summed E-state index contributed by atoms with van der Waals surface area (Å²) >= 11 is 3.45. The quantitative estimate of drug-likeness (QED) is 0.835. The van der Waals surface area contributed by atoms with E-state index in [4.69, 9.17) is 5.73 Å². The topological polar surface area (TPSA) is 55.1 Å². The van der Waals surface area contributed by atoms with Crippen molar-refractivity contribution >= 4 is 21.8 Å². The summed E-state index contributed by atoms with van der Waals surface area (Å²) in [5.74, 6) is -0.393. The van der Waals surface area contributed by atoms with Crippen molar-refractivity contribution in [3.8, 4) is 0 Å². The molecule has 2 aromatic carbocycles. The highest BCUT2D eigenvalue weighted by molar-refractivity contribution is 9.10. The van der Waals surface area contributed by atoms with Crippen LogP contribution in [0.5, 0.6) is 0 Å². The summed E-state index contributed by atoms with van der Waals surface area (Å²) in [5.41, 5.74) is 8.19. The molecule has 0 saturated heterocycles. The zero-order valence-corrected chi connectivity index (χ0v) is 13.6. The van der Waals surface area contributed by atoms with Crippen LogP contribution in [0.2, 0.25) is 0 Å². The summed E-state index contributed by atoms with van der Waals surface area (Å²) in [4.78, 5) is 11.0. The largest absolute Gasteiger partial charge is 0.366 e. The van der Waals surface area contributed by atoms with Crippen molar-refractivity contribution < 1.29 is 4.79 Å². The van der Waals surface area contributed by atoms with Crippen LogP contribution in [0.3, 0.4) is 0 Å². The van der Waals surface area contributed by atoms with Crippen molar-refractivity contribution in [2.24, 2.45) is 5.73 Å². The molecule has 0 aliphatic carbocycles. The number of benzene rings is 2. The lowest BCUT2D eigenvalue weighted by atomic mass is 10.0. The maximum atomic E-state index is 11.0. The summed E-state index contributed by atoms with van der Waals surface area (Å²) in [6.07, 6.45) is 1.01. The Bertz CT molecular complexity index is 593. The Morgan fingerprint density at radius 1 is 1.14 bits per heavy atom. The Morgan fingerprint density at radius 3 is 2.29 bits per heavy atom. The van der Waals surface area contributed by atoms with Crippen LogP contribution >= 0.6 is 15.9 Å². The lowest BCUT2D eigenvalue weighted by Gasteiger charge is -2.17. The first-order chi connectivity index (χ1) is 10.1. The van der Waals surface area contributed by atoms with Gasteiger partial charge in [0.05, 0.1) is 0 Å². The number of primary amides is 1. The van der Waals surface area contributed by atoms with Crippen LogP contribution in [0.25, 0.3) is 0 Å². The number of nitrogens with one attached hydrogen (secondary N) is 1. The Morgan fingerprint density at radius 2 is 1.76 bits per heavy atom. The van der Waals surface area contributed by atoms with Gasteiger partial charge in [0.25, 0.3) is 0 Å². The summed E-state index contributed by atoms with van der Waals surface area (Å²) in [6.45, 7) is 2.92. The van der Waals surface area contributed by atoms with Crippen molar-refractivity contribution in [3.05, 3.63) is 69.7 Å². The molecule has 1 unspecified atom stereocenters. The molecule has 0 radical (unpaired) electrons. The van der Waals surface area contributed by atoms with Gasteiger partial charge in [-0.3, -0.25) is 4.79 Å². The lowest BCUT2D eigenvalue weighted by Crippen LogP contribution is -2.20. The standard InChI is InChI=1S/C17H19BrN2O/c1-2-16(13-7-9-15(18)10-8-13)20-11-12-3-5-14(6-4-12)17(19)21/h3-10,16,20H,2,11H2,1H3,(H2,19,21). The van der Waals surface area contributed by atoms with E-state index in [0.29, 0.717) is 11.6 Å². The van der Waals surface area contributed by atoms with Gasteiger partial charge in [0, 0.05) is 22.6 Å². The van der Waals surface area contributed by atoms with Gasteiger partial charge in [0.1, 0.15) is 0 Å². The number of halogens is 1. The van der Waals surface area contributed by atoms with E-state index in [1.54, 1.807) is 12.1 Å². The van der Waals surface area contributed by atoms with E-state index in [-0.39, 0.29) is 0 Å². The maximum absolute atomic E-state index is 11.0. The monoisotopic (exact) mass is 346 g/mol. The minimum absolute atomic E-state index is 0.314. The van der Waals surface area contributed by atoms with Crippen molar-refractivity contribution in [2.45, 2.75) is 25.9 Å². The Hall–Kier alpha value is -1.65. The molecule has 3 N–H and O–H groups in total. The van der Waals surface area contributed by atoms with Gasteiger partial charge in [0.2, 0.25) is 5.91 Å². The first kappa shape index (κ1) is 15.7. The molecule has 110 valence electrons. The highest BCUT2D eigenvalue weighted by Gasteiger charge is 2.08. The average molecular weight is 347 g/mol. The molecule has 0 fully saturated rings. The smallest absolute Gasteiger partial charge is 0.248 e. The number of carbonyl (C=O) groups excluding carboxylic acids is 1. The van der Waals surface area contributed by atoms with E-state index >= 15 is 0 Å². The maximum Gasteiger partial charge on any atom is 0.248 e. The molecule has 21 heavy (non-hydrogen) atoms. The van der Waals surface area contributed by atoms with Crippen LogP contribution in [0.1, 0.15) is 40.9 Å². The number of hydrogen-bond acceptors (Lipinski definition) is 2. The molecule has 2 aromatic rings. The Kier molecular flexibility index (Phi) is 5.53. The van der Waals surface area contributed by atoms with E-state index in [0.717, 1.165) is 23.0 Å². The number of carbonyl (C=O) groups is 1. The third-order valence-corrected chi connectivity index (χ3v) is 4.00. The summed E-state index contributed by atoms with van der Waals surface area (Å²) in [6, 6.07) is 16.1. The second-order valence-electron chi connectivity index (χ2n) is 4.95. The van der Waals surface area contributed by atoms with Gasteiger partial charge >= 0.3 is 0 Å². The molecule has 1 amide bonds. The lowest BCUT2D eigenvalue weighted by molar-refractivity contribution is 0.100. The molecule has 0 aliphatic rings. The third kappa shape index (κ3) is 4.41. The molecule has 0 saturated carbocycles. The van der Waals surface area contributed by atoms with Gasteiger partial charge in [0.15, 0.2) is 0 Å². The molecule has 3 nitrogen and oxygen atoms in total. The van der Waals surface area contributed by atoms with Crippen LogP contribution in [0, 0.1) is 0 Å². The fourth-order valence-electron chi connectivity index (χ4n) is 2.22. The van der Waals surface area contributed by atoms with Crippen LogP contribution in [0.15, 0.2) is 53.0 Å². The average Bonchev–Trinajstić information content (AvgIpc) is 2.50. The number of hydrogen-bond donors (Lipinski definition) is 2. The molecule has 0 heterocycles. The summed E-state index contributed by atoms with van der Waals surface area (Å²) in [7, 11) is 0. The third-order valence-electron chi connectivity index (χ3n) is 3.47. The fraction of sp³-hybridized carbons (Fsp3) is 0.235. The zero-order chi connectivity index (χ0) is 15.2. The van der Waals surface area contributed by atoms with Crippen molar-refractivity contribution in [1.82, 2.24) is 5.32 Å². The predicted molar refractivity (Wildman–Crippen MR) is 89.0 cm³/mol. The summed E-state index contributed by atoms with van der Waals surface area (Å²) in [5, 5.41) is 3.54. The van der Waals surface area contributed by atoms with Gasteiger partial charge in [-0.15, -0.1) is 0 Å². The van der Waals surface area contributed by atoms with Gasteiger partial charge in [-0.05, 0) is 41.8 Å². The normalized spacial score (nSPS) is 12.1. The van der Waals surface area contributed by atoms with Gasteiger partial charge < -0.3 is 11.1 Å². The molecule has 2 rings (SSSR count). The van der Waals surface area contributed by atoms with E-state index < -0.39 is 5.91 Å². The molecule has 0 bridgehead atoms. The SMILES string of the molecule is CCC(NCc1ccc(C(N)=O)cc1)c1ccc(Br)cc1. The molecule has 0 aliphatic heterocycles. The summed E-state index contributed by atoms with van der Waals surface area (Å²) < 4.78 is 1.09. The molecule has 0 spiro atoms. The minimum Gasteiger partial charge on any atom is -0.366 e. The number of rotatable bonds is 6. The molecule has 0 aromatic heterocycles. The van der Waals surface area contributed by atoms with Crippen molar-refractivity contribution in [1.29, 1.82) is 0 Å². The fourth-order valence-corrected chi connectivity index (χ4v) is 2.49. The van der Waals surface area contributed by atoms with Crippen LogP contribution in [-0.2, 0) is 6.54 Å². The van der Waals surface area contributed by atoms with Gasteiger partial charge in [-0.2, -0.15) is 0 Å². The van der Waals surface area contributed by atoms with Crippen LogP contribution < -0.4 is 11.1 Å². The van der Waals surface area contributed by atoms with E-state index in [2.05, 4.69) is 52.4 Å². The van der Waals surface area contributed by atoms with E-state index in [1.165, 1.54) is 5.56 Å². The second kappa shape index (κ2) is 7.38. The van der Waals surface area contributed by atoms with Crippen LogP contribution in [-0.4, -0.2) is 5.91 Å². The second-order valence-corrected chi connectivity index (χ2v) is 5.87. The minimum atomic E-state index is -0.393. The Balaban J connectivity index is 1.99. The van der Waals surface area contributed by atoms with E-state index in [9.17, 15) is 4.79 Å². The zero-order valence-electron chi connectivity index (χ0n) is 12.0. The molecule has 4 heteroatoms. The number of amides is 1. The first-order valence-corrected chi connectivity index (χ1v) is 7.77. The van der Waals surface area contributed by atoms with Crippen LogP contribution in [0.4, 0.5) is 0 Å². The first-order valence-electron chi connectivity index (χ1n) is 6.97. The molecular weight excluding hydrogens is 328 g/mol. The highest BCUT2D eigenvalue weighted by Crippen LogP contribution is 2.20.